The number of nitrogens with zero attached hydrogens (tertiary/aromatic N) is 2. The lowest BCUT2D eigenvalue weighted by atomic mass is 9.65. The summed E-state index contributed by atoms with van der Waals surface area (Å²) in [6.07, 6.45) is 2.61. The van der Waals surface area contributed by atoms with Crippen LogP contribution in [-0.2, 0) is 24.0 Å². The van der Waals surface area contributed by atoms with E-state index in [9.17, 15) is 10.2 Å². The molecule has 3 rings (SSSR count). The quantitative estimate of drug-likeness (QED) is 0.277. The van der Waals surface area contributed by atoms with Gasteiger partial charge < -0.3 is 10.2 Å². The molecule has 0 saturated heterocycles. The number of aliphatic hydroxyl groups is 2. The minimum Gasteiger partial charge on any atom is -0.391 e. The number of alkyl halides is 1. The summed E-state index contributed by atoms with van der Waals surface area (Å²) in [4.78, 5) is 8.68. The maximum absolute atomic E-state index is 11.7. The predicted octanol–water partition coefficient (Wildman–Crippen LogP) is 4.83. The maximum Gasteiger partial charge on any atom is 0.188 e. The molecule has 0 fully saturated rings. The van der Waals surface area contributed by atoms with Crippen molar-refractivity contribution in [2.75, 3.05) is 6.26 Å². The van der Waals surface area contributed by atoms with E-state index in [1.54, 1.807) is 0 Å². The average molecular weight is 492 g/mol. The van der Waals surface area contributed by atoms with Gasteiger partial charge >= 0.3 is 0 Å². The highest BCUT2D eigenvalue weighted by atomic mass is 79.9. The Morgan fingerprint density at radius 2 is 2.00 bits per heavy atom. The summed E-state index contributed by atoms with van der Waals surface area (Å²) in [6, 6.07) is 5.92. The molecule has 1 aromatic heterocycles. The second-order valence-corrected chi connectivity index (χ2v) is 10.0. The fraction of sp³-hybridized carbons (Fsp3) is 0.474. The van der Waals surface area contributed by atoms with Gasteiger partial charge in [0.15, 0.2) is 5.16 Å². The van der Waals surface area contributed by atoms with Crippen molar-refractivity contribution in [2.24, 2.45) is 0 Å². The Hall–Kier alpha value is -0.370. The van der Waals surface area contributed by atoms with Crippen LogP contribution in [-0.4, -0.2) is 31.8 Å². The van der Waals surface area contributed by atoms with Crippen molar-refractivity contribution in [1.82, 2.24) is 9.97 Å². The van der Waals surface area contributed by atoms with Crippen molar-refractivity contribution in [3.05, 3.63) is 50.2 Å². The molecule has 2 aromatic rings. The lowest BCUT2D eigenvalue weighted by Crippen LogP contribution is -2.48. The van der Waals surface area contributed by atoms with E-state index in [0.29, 0.717) is 22.8 Å². The molecule has 1 heterocycles. The van der Waals surface area contributed by atoms with Crippen molar-refractivity contribution >= 4 is 50.9 Å². The molecular weight excluding hydrogens is 471 g/mol. The number of halogens is 3. The molecule has 1 aliphatic rings. The first-order chi connectivity index (χ1) is 12.6. The zero-order valence-corrected chi connectivity index (χ0v) is 19.2. The minimum absolute atomic E-state index is 0.145. The lowest BCUT2D eigenvalue weighted by Gasteiger charge is -2.45. The maximum atomic E-state index is 11.7. The molecule has 4 nitrogen and oxygen atoms in total. The Labute approximate surface area is 181 Å². The third kappa shape index (κ3) is 3.89. The lowest BCUT2D eigenvalue weighted by molar-refractivity contribution is 0.0120. The van der Waals surface area contributed by atoms with Crippen molar-refractivity contribution < 1.29 is 10.2 Å². The summed E-state index contributed by atoms with van der Waals surface area (Å²) in [7, 11) is 0. The average Bonchev–Trinajstić information content (AvgIpc) is 2.59. The number of aliphatic hydroxyl groups excluding tert-OH is 1. The molecule has 0 aliphatic heterocycles. The van der Waals surface area contributed by atoms with E-state index in [-0.39, 0.29) is 23.6 Å². The molecule has 2 N–H and O–H groups in total. The summed E-state index contributed by atoms with van der Waals surface area (Å²) in [5.41, 5.74) is 1.27. The van der Waals surface area contributed by atoms with Crippen LogP contribution in [0.15, 0.2) is 27.8 Å². The zero-order chi connectivity index (χ0) is 20.0. The summed E-state index contributed by atoms with van der Waals surface area (Å²) in [6.45, 7) is 3.95. The van der Waals surface area contributed by atoms with Gasteiger partial charge in [-0.3, -0.25) is 0 Å². The van der Waals surface area contributed by atoms with E-state index in [1.165, 1.54) is 11.8 Å². The molecule has 1 aliphatic carbocycles. The number of rotatable bonds is 4. The van der Waals surface area contributed by atoms with Crippen LogP contribution in [0.3, 0.4) is 0 Å². The monoisotopic (exact) mass is 490 g/mol. The van der Waals surface area contributed by atoms with Gasteiger partial charge in [-0.1, -0.05) is 59.2 Å². The van der Waals surface area contributed by atoms with Gasteiger partial charge in [0.05, 0.1) is 17.7 Å². The SMILES string of the molecule is CSc1nc(Cl)c(CO)c(CC2(O)c3cc(Br)ccc3C(C)(C)CC2Cl)n1. The normalized spacial score (nSPS) is 23.9. The van der Waals surface area contributed by atoms with Gasteiger partial charge in [-0.25, -0.2) is 9.97 Å². The van der Waals surface area contributed by atoms with E-state index >= 15 is 0 Å². The molecule has 0 amide bonds. The number of benzene rings is 1. The second-order valence-electron chi connectivity index (χ2n) is 7.43. The van der Waals surface area contributed by atoms with E-state index in [2.05, 4.69) is 39.7 Å². The van der Waals surface area contributed by atoms with E-state index in [0.717, 1.165) is 15.6 Å². The Kier molecular flexibility index (Phi) is 6.17. The first-order valence-electron chi connectivity index (χ1n) is 8.49. The molecule has 146 valence electrons. The van der Waals surface area contributed by atoms with E-state index in [1.807, 2.05) is 24.5 Å². The van der Waals surface area contributed by atoms with Crippen molar-refractivity contribution in [3.63, 3.8) is 0 Å². The number of hydrogen-bond donors (Lipinski definition) is 2. The van der Waals surface area contributed by atoms with Gasteiger partial charge in [-0.15, -0.1) is 11.6 Å². The zero-order valence-electron chi connectivity index (χ0n) is 15.3. The summed E-state index contributed by atoms with van der Waals surface area (Å²) >= 11 is 17.8. The first kappa shape index (κ1) is 21.3. The largest absolute Gasteiger partial charge is 0.391 e. The Morgan fingerprint density at radius 3 is 2.63 bits per heavy atom. The van der Waals surface area contributed by atoms with Crippen LogP contribution in [0.2, 0.25) is 5.15 Å². The topological polar surface area (TPSA) is 66.2 Å². The van der Waals surface area contributed by atoms with Gasteiger partial charge in [-0.05, 0) is 41.4 Å². The van der Waals surface area contributed by atoms with Crippen molar-refractivity contribution in [2.45, 2.75) is 54.8 Å². The molecule has 2 unspecified atom stereocenters. The third-order valence-corrected chi connectivity index (χ3v) is 7.05. The van der Waals surface area contributed by atoms with Crippen molar-refractivity contribution in [1.29, 1.82) is 0 Å². The fourth-order valence-electron chi connectivity index (χ4n) is 3.69. The van der Waals surface area contributed by atoms with Gasteiger partial charge in [0, 0.05) is 16.5 Å². The van der Waals surface area contributed by atoms with E-state index in [4.69, 9.17) is 23.2 Å². The summed E-state index contributed by atoms with van der Waals surface area (Å²) in [5, 5.41) is 21.7. The molecule has 27 heavy (non-hydrogen) atoms. The van der Waals surface area contributed by atoms with Crippen LogP contribution >= 0.6 is 50.9 Å². The van der Waals surface area contributed by atoms with Crippen LogP contribution in [0.5, 0.6) is 0 Å². The molecule has 0 bridgehead atoms. The Morgan fingerprint density at radius 1 is 1.30 bits per heavy atom. The molecule has 0 saturated carbocycles. The number of aromatic nitrogens is 2. The van der Waals surface area contributed by atoms with Crippen LogP contribution in [0, 0.1) is 0 Å². The summed E-state index contributed by atoms with van der Waals surface area (Å²) in [5.74, 6) is 0. The van der Waals surface area contributed by atoms with Crippen LogP contribution in [0.1, 0.15) is 42.7 Å². The Bertz CT molecular complexity index is 881. The molecule has 0 radical (unpaired) electrons. The first-order valence-corrected chi connectivity index (χ1v) is 11.3. The molecule has 8 heteroatoms. The smallest absolute Gasteiger partial charge is 0.188 e. The number of hydrogen-bond acceptors (Lipinski definition) is 5. The second kappa shape index (κ2) is 7.81. The minimum atomic E-state index is -1.34. The molecular formula is C19H21BrCl2N2O2S. The molecule has 2 atom stereocenters. The number of thioether (sulfide) groups is 1. The third-order valence-electron chi connectivity index (χ3n) is 5.18. The Balaban J connectivity index is 2.17. The molecule has 1 aromatic carbocycles. The van der Waals surface area contributed by atoms with Gasteiger partial charge in [0.25, 0.3) is 0 Å². The van der Waals surface area contributed by atoms with Gasteiger partial charge in [0.2, 0.25) is 0 Å². The molecule has 0 spiro atoms. The van der Waals surface area contributed by atoms with Crippen molar-refractivity contribution in [3.8, 4) is 0 Å². The van der Waals surface area contributed by atoms with Crippen LogP contribution in [0.4, 0.5) is 0 Å². The predicted molar refractivity (Wildman–Crippen MR) is 114 cm³/mol. The highest BCUT2D eigenvalue weighted by Gasteiger charge is 2.48. The highest BCUT2D eigenvalue weighted by Crippen LogP contribution is 2.49. The van der Waals surface area contributed by atoms with E-state index < -0.39 is 11.0 Å². The highest BCUT2D eigenvalue weighted by molar-refractivity contribution is 9.10. The summed E-state index contributed by atoms with van der Waals surface area (Å²) < 4.78 is 0.870. The van der Waals surface area contributed by atoms with Gasteiger partial charge in [-0.2, -0.15) is 0 Å². The fourth-order valence-corrected chi connectivity index (χ4v) is 5.32. The standard InChI is InChI=1S/C19H21BrCl2N2O2S/c1-18(2)8-15(21)19(26,13-6-10(20)4-5-12(13)18)7-14-11(9-25)16(22)24-17(23-14)27-3/h4-6,15,25-26H,7-9H2,1-3H3. The van der Waals surface area contributed by atoms with Crippen LogP contribution < -0.4 is 0 Å². The number of fused-ring (bicyclic) bond motifs is 1. The van der Waals surface area contributed by atoms with Gasteiger partial charge in [0.1, 0.15) is 10.8 Å². The van der Waals surface area contributed by atoms with Crippen LogP contribution in [0.25, 0.3) is 0 Å².